The fourth-order valence-corrected chi connectivity index (χ4v) is 4.09. The van der Waals surface area contributed by atoms with Crippen LogP contribution < -0.4 is 15.9 Å². The largest absolute Gasteiger partial charge is 0.457 e. The summed E-state index contributed by atoms with van der Waals surface area (Å²) in [6, 6.07) is 20.6. The van der Waals surface area contributed by atoms with Gasteiger partial charge in [0.25, 0.3) is 0 Å². The molecule has 0 radical (unpaired) electrons. The van der Waals surface area contributed by atoms with E-state index >= 15 is 0 Å². The zero-order valence-corrected chi connectivity index (χ0v) is 17.7. The van der Waals surface area contributed by atoms with Crippen molar-refractivity contribution in [1.29, 1.82) is 0 Å². The standard InChI is InChI=1S/C21H19N5O2S2/c1-14(30-21-25-24-19(26(21)22)18-8-5-13-29-18)20(27)23-15-9-11-17(12-10-15)28-16-6-3-2-4-7-16/h2-14H,22H2,1H3,(H,23,27). The fourth-order valence-electron chi connectivity index (χ4n) is 2.62. The normalized spacial score (nSPS) is 11.8. The summed E-state index contributed by atoms with van der Waals surface area (Å²) in [6.45, 7) is 1.80. The monoisotopic (exact) mass is 437 g/mol. The van der Waals surface area contributed by atoms with Gasteiger partial charge in [-0.25, -0.2) is 4.68 Å². The molecule has 0 saturated carbocycles. The first-order valence-electron chi connectivity index (χ1n) is 9.15. The molecule has 4 rings (SSSR count). The minimum absolute atomic E-state index is 0.155. The van der Waals surface area contributed by atoms with Crippen LogP contribution in [0.15, 0.2) is 77.3 Å². The molecular weight excluding hydrogens is 418 g/mol. The van der Waals surface area contributed by atoms with Gasteiger partial charge in [0.1, 0.15) is 11.5 Å². The highest BCUT2D eigenvalue weighted by molar-refractivity contribution is 8.00. The van der Waals surface area contributed by atoms with Crippen LogP contribution in [-0.2, 0) is 4.79 Å². The van der Waals surface area contributed by atoms with Crippen LogP contribution >= 0.6 is 23.1 Å². The zero-order chi connectivity index (χ0) is 20.9. The smallest absolute Gasteiger partial charge is 0.237 e. The van der Waals surface area contributed by atoms with E-state index in [0.717, 1.165) is 10.6 Å². The van der Waals surface area contributed by atoms with Crippen molar-refractivity contribution < 1.29 is 9.53 Å². The van der Waals surface area contributed by atoms with Gasteiger partial charge in [-0.15, -0.1) is 21.5 Å². The number of hydrogen-bond donors (Lipinski definition) is 2. The van der Waals surface area contributed by atoms with E-state index < -0.39 is 5.25 Å². The summed E-state index contributed by atoms with van der Waals surface area (Å²) in [7, 11) is 0. The molecule has 0 aliphatic carbocycles. The molecule has 2 heterocycles. The van der Waals surface area contributed by atoms with Crippen LogP contribution in [0.25, 0.3) is 10.7 Å². The lowest BCUT2D eigenvalue weighted by Crippen LogP contribution is -2.23. The van der Waals surface area contributed by atoms with Gasteiger partial charge in [-0.2, -0.15) is 0 Å². The number of para-hydroxylation sites is 1. The van der Waals surface area contributed by atoms with E-state index in [-0.39, 0.29) is 5.91 Å². The molecule has 30 heavy (non-hydrogen) atoms. The van der Waals surface area contributed by atoms with Crippen molar-refractivity contribution in [1.82, 2.24) is 14.9 Å². The van der Waals surface area contributed by atoms with Gasteiger partial charge in [-0.3, -0.25) is 4.79 Å². The van der Waals surface area contributed by atoms with Crippen LogP contribution in [-0.4, -0.2) is 26.0 Å². The molecule has 4 aromatic rings. The van der Waals surface area contributed by atoms with Crippen molar-refractivity contribution in [2.45, 2.75) is 17.3 Å². The summed E-state index contributed by atoms with van der Waals surface area (Å²) < 4.78 is 7.18. The SMILES string of the molecule is CC(Sc1nnc(-c2cccs2)n1N)C(=O)Nc1ccc(Oc2ccccc2)cc1. The number of nitrogens with zero attached hydrogens (tertiary/aromatic N) is 3. The summed E-state index contributed by atoms with van der Waals surface area (Å²) >= 11 is 2.78. The number of benzene rings is 2. The lowest BCUT2D eigenvalue weighted by molar-refractivity contribution is -0.115. The fraction of sp³-hybridized carbons (Fsp3) is 0.0952. The average molecular weight is 438 g/mol. The van der Waals surface area contributed by atoms with Gasteiger partial charge in [0.15, 0.2) is 5.82 Å². The Hall–Kier alpha value is -3.30. The third kappa shape index (κ3) is 4.64. The second-order valence-corrected chi connectivity index (χ2v) is 8.60. The van der Waals surface area contributed by atoms with E-state index in [1.165, 1.54) is 27.8 Å². The van der Waals surface area contributed by atoms with E-state index in [1.54, 1.807) is 19.1 Å². The molecule has 0 aliphatic rings. The number of carbonyl (C=O) groups excluding carboxylic acids is 1. The number of anilines is 1. The maximum atomic E-state index is 12.6. The number of ether oxygens (including phenoxy) is 1. The van der Waals surface area contributed by atoms with E-state index in [2.05, 4.69) is 15.5 Å². The molecule has 2 aromatic carbocycles. The second-order valence-electron chi connectivity index (χ2n) is 6.34. The first-order valence-corrected chi connectivity index (χ1v) is 10.9. The molecule has 152 valence electrons. The highest BCUT2D eigenvalue weighted by Crippen LogP contribution is 2.28. The Bertz CT molecular complexity index is 1110. The Kier molecular flexibility index (Phi) is 6.01. The Morgan fingerprint density at radius 3 is 2.50 bits per heavy atom. The van der Waals surface area contributed by atoms with E-state index in [1.807, 2.05) is 60.0 Å². The molecule has 0 aliphatic heterocycles. The number of thiophene rings is 1. The maximum Gasteiger partial charge on any atom is 0.237 e. The third-order valence-corrected chi connectivity index (χ3v) is 6.08. The van der Waals surface area contributed by atoms with Gasteiger partial charge < -0.3 is 15.9 Å². The quantitative estimate of drug-likeness (QED) is 0.323. The van der Waals surface area contributed by atoms with Gasteiger partial charge in [-0.05, 0) is 54.8 Å². The summed E-state index contributed by atoms with van der Waals surface area (Å²) in [5.41, 5.74) is 0.682. The van der Waals surface area contributed by atoms with Gasteiger partial charge >= 0.3 is 0 Å². The third-order valence-electron chi connectivity index (χ3n) is 4.16. The number of nitrogens with one attached hydrogen (secondary N) is 1. The summed E-state index contributed by atoms with van der Waals surface area (Å²) in [4.78, 5) is 13.5. The lowest BCUT2D eigenvalue weighted by Gasteiger charge is -2.12. The van der Waals surface area contributed by atoms with Crippen LogP contribution in [0.3, 0.4) is 0 Å². The van der Waals surface area contributed by atoms with Crippen molar-refractivity contribution in [3.63, 3.8) is 0 Å². The molecule has 3 N–H and O–H groups in total. The van der Waals surface area contributed by atoms with Gasteiger partial charge in [0, 0.05) is 5.69 Å². The van der Waals surface area contributed by atoms with Crippen molar-refractivity contribution in [3.05, 3.63) is 72.1 Å². The van der Waals surface area contributed by atoms with Crippen LogP contribution in [0.2, 0.25) is 0 Å². The molecule has 1 atom stereocenters. The molecule has 7 nitrogen and oxygen atoms in total. The number of nitrogens with two attached hydrogens (primary N) is 1. The molecular formula is C21H19N5O2S2. The molecule has 2 aromatic heterocycles. The molecule has 0 spiro atoms. The van der Waals surface area contributed by atoms with Crippen molar-refractivity contribution in [2.24, 2.45) is 0 Å². The number of aromatic nitrogens is 3. The predicted molar refractivity (Wildman–Crippen MR) is 120 cm³/mol. The molecule has 0 fully saturated rings. The molecule has 0 bridgehead atoms. The van der Waals surface area contributed by atoms with E-state index in [4.69, 9.17) is 10.6 Å². The van der Waals surface area contributed by atoms with Crippen LogP contribution in [0.5, 0.6) is 11.5 Å². The minimum atomic E-state index is -0.409. The van der Waals surface area contributed by atoms with E-state index in [0.29, 0.717) is 22.4 Å². The molecule has 9 heteroatoms. The number of hydrogen-bond acceptors (Lipinski definition) is 7. The topological polar surface area (TPSA) is 95.1 Å². The first-order chi connectivity index (χ1) is 14.6. The Balaban J connectivity index is 1.36. The van der Waals surface area contributed by atoms with Crippen LogP contribution in [0, 0.1) is 0 Å². The zero-order valence-electron chi connectivity index (χ0n) is 16.1. The maximum absolute atomic E-state index is 12.6. The molecule has 1 amide bonds. The number of nitrogen functional groups attached to an aromatic ring is 1. The minimum Gasteiger partial charge on any atom is -0.457 e. The van der Waals surface area contributed by atoms with Crippen LogP contribution in [0.1, 0.15) is 6.92 Å². The first kappa shape index (κ1) is 20.0. The van der Waals surface area contributed by atoms with Crippen molar-refractivity contribution in [2.75, 3.05) is 11.2 Å². The summed E-state index contributed by atoms with van der Waals surface area (Å²) in [6.07, 6.45) is 0. The van der Waals surface area contributed by atoms with Crippen molar-refractivity contribution >= 4 is 34.7 Å². The molecule has 1 unspecified atom stereocenters. The Morgan fingerprint density at radius 1 is 1.07 bits per heavy atom. The van der Waals surface area contributed by atoms with Gasteiger partial charge in [0.2, 0.25) is 11.1 Å². The Labute approximate surface area is 181 Å². The van der Waals surface area contributed by atoms with Crippen LogP contribution in [0.4, 0.5) is 5.69 Å². The number of carbonyl (C=O) groups is 1. The number of thioether (sulfide) groups is 1. The predicted octanol–water partition coefficient (Wildman–Crippen LogP) is 4.63. The summed E-state index contributed by atoms with van der Waals surface area (Å²) in [5, 5.41) is 13.2. The Morgan fingerprint density at radius 2 is 1.80 bits per heavy atom. The lowest BCUT2D eigenvalue weighted by atomic mass is 10.3. The van der Waals surface area contributed by atoms with Crippen molar-refractivity contribution in [3.8, 4) is 22.2 Å². The number of amides is 1. The highest BCUT2D eigenvalue weighted by atomic mass is 32.2. The second kappa shape index (κ2) is 9.02. The number of rotatable bonds is 7. The van der Waals surface area contributed by atoms with E-state index in [9.17, 15) is 4.79 Å². The van der Waals surface area contributed by atoms with Gasteiger partial charge in [-0.1, -0.05) is 36.0 Å². The highest BCUT2D eigenvalue weighted by Gasteiger charge is 2.20. The van der Waals surface area contributed by atoms with Gasteiger partial charge in [0.05, 0.1) is 10.1 Å². The molecule has 0 saturated heterocycles. The summed E-state index contributed by atoms with van der Waals surface area (Å²) in [5.74, 6) is 7.98. The average Bonchev–Trinajstić information content (AvgIpc) is 3.40.